The van der Waals surface area contributed by atoms with Gasteiger partial charge in [0.2, 0.25) is 0 Å². The second-order valence-electron chi connectivity index (χ2n) is 7.33. The highest BCUT2D eigenvalue weighted by Gasteiger charge is 2.42. The summed E-state index contributed by atoms with van der Waals surface area (Å²) < 4.78 is 0. The molecule has 0 aromatic heterocycles. The number of benzene rings is 3. The Kier molecular flexibility index (Phi) is 6.15. The van der Waals surface area contributed by atoms with Crippen LogP contribution in [0.25, 0.3) is 6.08 Å². The predicted octanol–water partition coefficient (Wildman–Crippen LogP) is 6.36. The molecule has 0 spiro atoms. The molecule has 4 rings (SSSR count). The number of halogens is 2. The summed E-state index contributed by atoms with van der Waals surface area (Å²) in [5.74, 6) is -1.06. The van der Waals surface area contributed by atoms with E-state index in [1.165, 1.54) is 15.9 Å². The molecule has 0 bridgehead atoms. The molecule has 0 atom stereocenters. The molecule has 2 amide bonds. The van der Waals surface area contributed by atoms with Gasteiger partial charge in [0.25, 0.3) is 11.8 Å². The number of nitrogens with zero attached hydrogens (tertiary/aromatic N) is 2. The fourth-order valence-corrected chi connectivity index (χ4v) is 4.45. The summed E-state index contributed by atoms with van der Waals surface area (Å²) in [7, 11) is 0. The van der Waals surface area contributed by atoms with E-state index in [1.807, 2.05) is 50.2 Å². The molecule has 0 unspecified atom stereocenters. The van der Waals surface area contributed by atoms with E-state index < -0.39 is 11.8 Å². The molecule has 3 aromatic rings. The summed E-state index contributed by atoms with van der Waals surface area (Å²) in [6.07, 6.45) is 1.44. The highest BCUT2D eigenvalue weighted by atomic mass is 35.5. The molecule has 1 aliphatic heterocycles. The van der Waals surface area contributed by atoms with Crippen molar-refractivity contribution >= 4 is 69.8 Å². The average Bonchev–Trinajstić information content (AvgIpc) is 2.75. The van der Waals surface area contributed by atoms with Crippen LogP contribution in [0.5, 0.6) is 0 Å². The second-order valence-corrected chi connectivity index (χ2v) is 8.51. The first-order valence-electron chi connectivity index (χ1n) is 9.81. The number of amides is 2. The molecule has 0 radical (unpaired) electrons. The average molecular weight is 481 g/mol. The number of carbonyl (C=O) groups is 2. The van der Waals surface area contributed by atoms with Crippen LogP contribution in [0.3, 0.4) is 0 Å². The van der Waals surface area contributed by atoms with E-state index in [2.05, 4.69) is 0 Å². The fourth-order valence-electron chi connectivity index (χ4n) is 3.58. The number of carbonyl (C=O) groups excluding carboxylic acids is 2. The molecular formula is C25H18Cl2N2O2S. The minimum Gasteiger partial charge on any atom is -0.268 e. The lowest BCUT2D eigenvalue weighted by atomic mass is 10.0. The van der Waals surface area contributed by atoms with Gasteiger partial charge in [-0.05, 0) is 67.5 Å². The molecule has 1 saturated heterocycles. The molecule has 0 saturated carbocycles. The van der Waals surface area contributed by atoms with Crippen molar-refractivity contribution in [3.05, 3.63) is 99.0 Å². The van der Waals surface area contributed by atoms with Crippen molar-refractivity contribution in [3.8, 4) is 0 Å². The smallest absolute Gasteiger partial charge is 0.268 e. The maximum Gasteiger partial charge on any atom is 0.270 e. The zero-order valence-electron chi connectivity index (χ0n) is 17.3. The highest BCUT2D eigenvalue weighted by Crippen LogP contribution is 2.34. The van der Waals surface area contributed by atoms with Crippen LogP contribution in [0.1, 0.15) is 16.7 Å². The minimum atomic E-state index is -0.532. The first-order valence-corrected chi connectivity index (χ1v) is 11.0. The van der Waals surface area contributed by atoms with Crippen LogP contribution in [0.2, 0.25) is 10.0 Å². The first kappa shape index (κ1) is 22.2. The maximum atomic E-state index is 13.6. The molecule has 7 heteroatoms. The van der Waals surface area contributed by atoms with Crippen molar-refractivity contribution in [2.45, 2.75) is 13.8 Å². The standard InChI is InChI=1S/C25H18Cl2N2O2S/c1-15-8-3-5-12-21(15)28-23(30)18(14-17-19(26)10-7-11-20(17)27)24(31)29(25(28)32)22-13-6-4-9-16(22)2/h3-14H,1-2H3. The van der Waals surface area contributed by atoms with Gasteiger partial charge in [0.15, 0.2) is 5.11 Å². The van der Waals surface area contributed by atoms with Gasteiger partial charge in [-0.25, -0.2) is 0 Å². The van der Waals surface area contributed by atoms with Crippen molar-refractivity contribution in [1.29, 1.82) is 0 Å². The van der Waals surface area contributed by atoms with Gasteiger partial charge in [-0.15, -0.1) is 0 Å². The van der Waals surface area contributed by atoms with Crippen LogP contribution in [-0.4, -0.2) is 16.9 Å². The van der Waals surface area contributed by atoms with Crippen molar-refractivity contribution in [2.75, 3.05) is 9.80 Å². The molecule has 32 heavy (non-hydrogen) atoms. The Morgan fingerprint density at radius 1 is 0.719 bits per heavy atom. The largest absolute Gasteiger partial charge is 0.270 e. The number of rotatable bonds is 3. The van der Waals surface area contributed by atoms with Crippen molar-refractivity contribution in [1.82, 2.24) is 0 Å². The molecule has 1 fully saturated rings. The number of thiocarbonyl (C=S) groups is 1. The lowest BCUT2D eigenvalue weighted by Crippen LogP contribution is -2.57. The summed E-state index contributed by atoms with van der Waals surface area (Å²) in [5, 5.41) is 0.762. The Labute approximate surface area is 201 Å². The Balaban J connectivity index is 1.96. The van der Waals surface area contributed by atoms with Crippen LogP contribution in [-0.2, 0) is 9.59 Å². The Morgan fingerprint density at radius 2 is 1.16 bits per heavy atom. The van der Waals surface area contributed by atoms with Gasteiger partial charge in [-0.3, -0.25) is 19.4 Å². The van der Waals surface area contributed by atoms with E-state index in [0.717, 1.165) is 11.1 Å². The number of hydrogen-bond donors (Lipinski definition) is 0. The van der Waals surface area contributed by atoms with Crippen LogP contribution in [0, 0.1) is 13.8 Å². The molecule has 160 valence electrons. The Morgan fingerprint density at radius 3 is 1.59 bits per heavy atom. The SMILES string of the molecule is Cc1ccccc1N1C(=O)C(=Cc2c(Cl)cccc2Cl)C(=O)N(c2ccccc2C)C1=S. The molecular weight excluding hydrogens is 463 g/mol. The van der Waals surface area contributed by atoms with E-state index >= 15 is 0 Å². The summed E-state index contributed by atoms with van der Waals surface area (Å²) in [6, 6.07) is 19.8. The monoisotopic (exact) mass is 480 g/mol. The third kappa shape index (κ3) is 3.84. The summed E-state index contributed by atoms with van der Waals surface area (Å²) in [5.41, 5.74) is 3.21. The number of para-hydroxylation sites is 2. The van der Waals surface area contributed by atoms with E-state index in [0.29, 0.717) is 27.0 Å². The van der Waals surface area contributed by atoms with Gasteiger partial charge >= 0.3 is 0 Å². The van der Waals surface area contributed by atoms with Crippen LogP contribution in [0.4, 0.5) is 11.4 Å². The van der Waals surface area contributed by atoms with Crippen molar-refractivity contribution < 1.29 is 9.59 Å². The zero-order chi connectivity index (χ0) is 23.0. The van der Waals surface area contributed by atoms with Crippen LogP contribution in [0.15, 0.2) is 72.3 Å². The van der Waals surface area contributed by atoms with Crippen LogP contribution >= 0.6 is 35.4 Å². The Hall–Kier alpha value is -2.99. The van der Waals surface area contributed by atoms with Crippen molar-refractivity contribution in [3.63, 3.8) is 0 Å². The van der Waals surface area contributed by atoms with Crippen LogP contribution < -0.4 is 9.80 Å². The van der Waals surface area contributed by atoms with Gasteiger partial charge in [0.05, 0.1) is 11.4 Å². The first-order chi connectivity index (χ1) is 15.3. The topological polar surface area (TPSA) is 40.6 Å². The predicted molar refractivity (Wildman–Crippen MR) is 134 cm³/mol. The molecule has 1 heterocycles. The lowest BCUT2D eigenvalue weighted by molar-refractivity contribution is -0.120. The lowest BCUT2D eigenvalue weighted by Gasteiger charge is -2.37. The van der Waals surface area contributed by atoms with Crippen molar-refractivity contribution in [2.24, 2.45) is 0 Å². The summed E-state index contributed by atoms with van der Waals surface area (Å²) in [6.45, 7) is 3.77. The van der Waals surface area contributed by atoms with E-state index in [1.54, 1.807) is 30.3 Å². The van der Waals surface area contributed by atoms with E-state index in [-0.39, 0.29) is 10.7 Å². The van der Waals surface area contributed by atoms with Gasteiger partial charge in [-0.1, -0.05) is 65.7 Å². The number of anilines is 2. The number of aryl methyl sites for hydroxylation is 2. The number of hydrogen-bond acceptors (Lipinski definition) is 3. The molecule has 3 aromatic carbocycles. The minimum absolute atomic E-state index is 0.0832. The third-order valence-electron chi connectivity index (χ3n) is 5.25. The molecule has 0 N–H and O–H groups in total. The zero-order valence-corrected chi connectivity index (χ0v) is 19.6. The quantitative estimate of drug-likeness (QED) is 0.248. The van der Waals surface area contributed by atoms with Gasteiger partial charge in [-0.2, -0.15) is 0 Å². The maximum absolute atomic E-state index is 13.6. The van der Waals surface area contributed by atoms with E-state index in [4.69, 9.17) is 35.4 Å². The molecule has 0 aliphatic carbocycles. The molecule has 4 nitrogen and oxygen atoms in total. The normalized spacial score (nSPS) is 14.2. The third-order valence-corrected chi connectivity index (χ3v) is 6.27. The van der Waals surface area contributed by atoms with Gasteiger partial charge in [0.1, 0.15) is 5.57 Å². The van der Waals surface area contributed by atoms with Gasteiger partial charge in [0, 0.05) is 15.6 Å². The molecule has 1 aliphatic rings. The fraction of sp³-hybridized carbons (Fsp3) is 0.0800. The van der Waals surface area contributed by atoms with E-state index in [9.17, 15) is 9.59 Å². The summed E-state index contributed by atoms with van der Waals surface area (Å²) in [4.78, 5) is 30.0. The Bertz CT molecular complexity index is 1210. The van der Waals surface area contributed by atoms with Gasteiger partial charge < -0.3 is 0 Å². The second kappa shape index (κ2) is 8.87. The highest BCUT2D eigenvalue weighted by molar-refractivity contribution is 7.81. The summed E-state index contributed by atoms with van der Waals surface area (Å²) >= 11 is 18.3.